The third-order valence-electron chi connectivity index (χ3n) is 2.28. The molecule has 0 unspecified atom stereocenters. The molecule has 4 nitrogen and oxygen atoms in total. The summed E-state index contributed by atoms with van der Waals surface area (Å²) in [6.45, 7) is 5.40. The number of hydrogen-bond donors (Lipinski definition) is 1. The Morgan fingerprint density at radius 1 is 1.40 bits per heavy atom. The Labute approximate surface area is 91.3 Å². The normalized spacial score (nSPS) is 15.3. The van der Waals surface area contributed by atoms with Crippen molar-refractivity contribution in [3.63, 3.8) is 0 Å². The largest absolute Gasteiger partial charge is 0.466 e. The molecule has 88 valence electrons. The molecule has 0 aromatic carbocycles. The van der Waals surface area contributed by atoms with E-state index in [2.05, 4.69) is 5.32 Å². The van der Waals surface area contributed by atoms with Crippen LogP contribution in [-0.2, 0) is 14.3 Å². The second-order valence-electron chi connectivity index (χ2n) is 3.82. The maximum atomic E-state index is 10.9. The van der Waals surface area contributed by atoms with Gasteiger partial charge in [0.05, 0.1) is 19.6 Å². The summed E-state index contributed by atoms with van der Waals surface area (Å²) in [4.78, 5) is 10.9. The van der Waals surface area contributed by atoms with Crippen LogP contribution in [0.2, 0.25) is 0 Å². The number of esters is 1. The third kappa shape index (κ3) is 7.33. The van der Waals surface area contributed by atoms with Gasteiger partial charge in [0.25, 0.3) is 0 Å². The maximum Gasteiger partial charge on any atom is 0.307 e. The third-order valence-corrected chi connectivity index (χ3v) is 2.28. The van der Waals surface area contributed by atoms with Crippen molar-refractivity contribution in [3.05, 3.63) is 0 Å². The number of hydrogen-bond acceptors (Lipinski definition) is 4. The van der Waals surface area contributed by atoms with Gasteiger partial charge < -0.3 is 14.8 Å². The number of rotatable bonds is 9. The van der Waals surface area contributed by atoms with Crippen LogP contribution in [0.1, 0.15) is 26.2 Å². The average molecular weight is 215 g/mol. The van der Waals surface area contributed by atoms with Crippen molar-refractivity contribution >= 4 is 5.97 Å². The molecule has 0 heterocycles. The molecule has 1 aliphatic rings. The molecule has 15 heavy (non-hydrogen) atoms. The van der Waals surface area contributed by atoms with Gasteiger partial charge in [0.1, 0.15) is 0 Å². The predicted octanol–water partition coefficient (Wildman–Crippen LogP) is 0.956. The summed E-state index contributed by atoms with van der Waals surface area (Å²) in [6.07, 6.45) is 3.10. The Hall–Kier alpha value is -0.610. The van der Waals surface area contributed by atoms with Crippen molar-refractivity contribution in [2.45, 2.75) is 26.2 Å². The summed E-state index contributed by atoms with van der Waals surface area (Å²) in [6, 6.07) is 0. The number of carbonyl (C=O) groups is 1. The Morgan fingerprint density at radius 3 is 2.87 bits per heavy atom. The predicted molar refractivity (Wildman–Crippen MR) is 57.7 cm³/mol. The zero-order chi connectivity index (χ0) is 10.9. The van der Waals surface area contributed by atoms with Crippen LogP contribution in [0.25, 0.3) is 0 Å². The van der Waals surface area contributed by atoms with E-state index in [0.717, 1.165) is 25.7 Å². The first kappa shape index (κ1) is 12.5. The highest BCUT2D eigenvalue weighted by Crippen LogP contribution is 2.28. The van der Waals surface area contributed by atoms with Gasteiger partial charge in [-0.15, -0.1) is 0 Å². The summed E-state index contributed by atoms with van der Waals surface area (Å²) in [5.74, 6) is 0.688. The Balaban J connectivity index is 1.73. The minimum atomic E-state index is -0.135. The quantitative estimate of drug-likeness (QED) is 0.459. The van der Waals surface area contributed by atoms with Crippen molar-refractivity contribution in [2.24, 2.45) is 5.92 Å². The first-order valence-electron chi connectivity index (χ1n) is 5.77. The van der Waals surface area contributed by atoms with E-state index in [1.165, 1.54) is 12.8 Å². The van der Waals surface area contributed by atoms with Crippen molar-refractivity contribution < 1.29 is 14.3 Å². The van der Waals surface area contributed by atoms with E-state index in [1.807, 2.05) is 6.92 Å². The van der Waals surface area contributed by atoms with Crippen molar-refractivity contribution in [3.8, 4) is 0 Å². The molecule has 0 saturated heterocycles. The molecule has 4 heteroatoms. The van der Waals surface area contributed by atoms with Crippen LogP contribution in [0.3, 0.4) is 0 Å². The molecule has 1 fully saturated rings. The molecule has 0 atom stereocenters. The number of ether oxygens (including phenoxy) is 2. The molecule has 0 radical (unpaired) electrons. The lowest BCUT2D eigenvalue weighted by molar-refractivity contribution is -0.142. The summed E-state index contributed by atoms with van der Waals surface area (Å²) >= 11 is 0. The number of nitrogens with one attached hydrogen (secondary N) is 1. The van der Waals surface area contributed by atoms with Gasteiger partial charge in [0.2, 0.25) is 0 Å². The monoisotopic (exact) mass is 215 g/mol. The van der Waals surface area contributed by atoms with Gasteiger partial charge >= 0.3 is 5.97 Å². The fraction of sp³-hybridized carbons (Fsp3) is 0.909. The summed E-state index contributed by atoms with van der Waals surface area (Å²) in [7, 11) is 0. The maximum absolute atomic E-state index is 10.9. The SMILES string of the molecule is CCOC(=O)CCNCCOCC1CC1. The molecule has 1 rings (SSSR count). The minimum Gasteiger partial charge on any atom is -0.466 e. The first-order valence-corrected chi connectivity index (χ1v) is 5.77. The molecule has 1 saturated carbocycles. The van der Waals surface area contributed by atoms with Crippen LogP contribution in [-0.4, -0.2) is 38.9 Å². The highest BCUT2D eigenvalue weighted by atomic mass is 16.5. The summed E-state index contributed by atoms with van der Waals surface area (Å²) in [5.41, 5.74) is 0. The fourth-order valence-electron chi connectivity index (χ4n) is 1.23. The summed E-state index contributed by atoms with van der Waals surface area (Å²) in [5, 5.41) is 3.14. The Kier molecular flexibility index (Phi) is 6.36. The molecule has 0 aliphatic heterocycles. The molecule has 0 aromatic heterocycles. The molecular formula is C11H21NO3. The van der Waals surface area contributed by atoms with Crippen LogP contribution >= 0.6 is 0 Å². The fourth-order valence-corrected chi connectivity index (χ4v) is 1.23. The van der Waals surface area contributed by atoms with Crippen LogP contribution in [0.15, 0.2) is 0 Å². The molecule has 1 N–H and O–H groups in total. The lowest BCUT2D eigenvalue weighted by atomic mass is 10.4. The van der Waals surface area contributed by atoms with Gasteiger partial charge in [-0.1, -0.05) is 0 Å². The van der Waals surface area contributed by atoms with E-state index in [1.54, 1.807) is 0 Å². The van der Waals surface area contributed by atoms with E-state index < -0.39 is 0 Å². The second kappa shape index (κ2) is 7.65. The van der Waals surface area contributed by atoms with Crippen molar-refractivity contribution in [2.75, 3.05) is 32.9 Å². The Morgan fingerprint density at radius 2 is 2.20 bits per heavy atom. The van der Waals surface area contributed by atoms with Crippen LogP contribution in [0.5, 0.6) is 0 Å². The first-order chi connectivity index (χ1) is 7.33. The van der Waals surface area contributed by atoms with Crippen molar-refractivity contribution in [1.29, 1.82) is 0 Å². The zero-order valence-corrected chi connectivity index (χ0v) is 9.46. The van der Waals surface area contributed by atoms with Gasteiger partial charge in [-0.25, -0.2) is 0 Å². The lowest BCUT2D eigenvalue weighted by Gasteiger charge is -2.05. The van der Waals surface area contributed by atoms with E-state index in [9.17, 15) is 4.79 Å². The lowest BCUT2D eigenvalue weighted by Crippen LogP contribution is -2.23. The van der Waals surface area contributed by atoms with E-state index in [4.69, 9.17) is 9.47 Å². The molecule has 0 aromatic rings. The molecule has 0 amide bonds. The molecule has 1 aliphatic carbocycles. The minimum absolute atomic E-state index is 0.135. The summed E-state index contributed by atoms with van der Waals surface area (Å²) < 4.78 is 10.2. The standard InChI is InChI=1S/C11H21NO3/c1-2-15-11(13)5-6-12-7-8-14-9-10-3-4-10/h10,12H,2-9H2,1H3. The highest BCUT2D eigenvalue weighted by Gasteiger charge is 2.20. The topological polar surface area (TPSA) is 47.6 Å². The van der Waals surface area contributed by atoms with E-state index >= 15 is 0 Å². The Bertz CT molecular complexity index is 181. The molecule has 0 bridgehead atoms. The van der Waals surface area contributed by atoms with Gasteiger partial charge in [-0.05, 0) is 25.7 Å². The molecule has 0 spiro atoms. The van der Waals surface area contributed by atoms with Gasteiger partial charge in [0.15, 0.2) is 0 Å². The van der Waals surface area contributed by atoms with Crippen LogP contribution < -0.4 is 5.32 Å². The molecular weight excluding hydrogens is 194 g/mol. The zero-order valence-electron chi connectivity index (χ0n) is 9.46. The van der Waals surface area contributed by atoms with Gasteiger partial charge in [-0.3, -0.25) is 4.79 Å². The van der Waals surface area contributed by atoms with E-state index in [0.29, 0.717) is 19.6 Å². The second-order valence-corrected chi connectivity index (χ2v) is 3.82. The van der Waals surface area contributed by atoms with Crippen molar-refractivity contribution in [1.82, 2.24) is 5.32 Å². The highest BCUT2D eigenvalue weighted by molar-refractivity contribution is 5.69. The van der Waals surface area contributed by atoms with Gasteiger partial charge in [0, 0.05) is 19.7 Å². The van der Waals surface area contributed by atoms with E-state index in [-0.39, 0.29) is 5.97 Å². The smallest absolute Gasteiger partial charge is 0.307 e. The number of carbonyl (C=O) groups excluding carboxylic acids is 1. The van der Waals surface area contributed by atoms with Crippen LogP contribution in [0.4, 0.5) is 0 Å². The van der Waals surface area contributed by atoms with Crippen LogP contribution in [0, 0.1) is 5.92 Å². The average Bonchev–Trinajstić information content (AvgIpc) is 3.00. The van der Waals surface area contributed by atoms with Gasteiger partial charge in [-0.2, -0.15) is 0 Å².